The number of carboxylic acid groups (broad SMARTS) is 1. The second-order valence-corrected chi connectivity index (χ2v) is 4.02. The number of halogens is 7. The van der Waals surface area contributed by atoms with Crippen molar-refractivity contribution in [3.05, 3.63) is 46.9 Å². The van der Waals surface area contributed by atoms with E-state index in [0.29, 0.717) is 0 Å². The van der Waals surface area contributed by atoms with Gasteiger partial charge in [-0.3, -0.25) is 0 Å². The van der Waals surface area contributed by atoms with E-state index < -0.39 is 64.2 Å². The van der Waals surface area contributed by atoms with E-state index in [-0.39, 0.29) is 0 Å². The van der Waals surface area contributed by atoms with Crippen molar-refractivity contribution in [3.63, 3.8) is 0 Å². The Labute approximate surface area is 106 Å². The Hall–Kier alpha value is -2.06. The minimum Gasteiger partial charge on any atom is -0.478 e. The summed E-state index contributed by atoms with van der Waals surface area (Å²) in [5, 5.41) is 8.49. The maximum Gasteiger partial charge on any atom is 0.338 e. The van der Waals surface area contributed by atoms with Crippen LogP contribution in [0.2, 0.25) is 0 Å². The van der Waals surface area contributed by atoms with Gasteiger partial charge in [-0.05, 0) is 6.08 Å². The summed E-state index contributed by atoms with van der Waals surface area (Å²) in [6.07, 6.45) is -1.03. The zero-order chi connectivity index (χ0) is 15.5. The highest BCUT2D eigenvalue weighted by Gasteiger charge is 2.68. The molecule has 2 nitrogen and oxygen atoms in total. The molecule has 0 radical (unpaired) electrons. The molecular formula is C11H3F7O2. The Morgan fingerprint density at radius 3 is 2.10 bits per heavy atom. The smallest absolute Gasteiger partial charge is 0.338 e. The maximum absolute atomic E-state index is 14.2. The fraction of sp³-hybridized carbons (Fsp3) is 0.182. The van der Waals surface area contributed by atoms with Crippen LogP contribution in [0.25, 0.3) is 0 Å². The van der Waals surface area contributed by atoms with Crippen molar-refractivity contribution in [1.82, 2.24) is 0 Å². The quantitative estimate of drug-likeness (QED) is 0.751. The summed E-state index contributed by atoms with van der Waals surface area (Å²) in [7, 11) is 0. The van der Waals surface area contributed by atoms with E-state index >= 15 is 0 Å². The number of aliphatic carboxylic acids is 1. The molecule has 0 aromatic rings. The summed E-state index contributed by atoms with van der Waals surface area (Å²) < 4.78 is 94.8. The molecule has 108 valence electrons. The van der Waals surface area contributed by atoms with Gasteiger partial charge in [-0.2, -0.15) is 0 Å². The third kappa shape index (κ3) is 1.43. The standard InChI is InChI=1S/C11H3F7O2/c12-4-1-5(13)11(18)8(16)6(14)3(9(19)20)2-10(11,17)7(4)15/h1-2H,(H,19,20). The monoisotopic (exact) mass is 300 g/mol. The summed E-state index contributed by atoms with van der Waals surface area (Å²) in [5.41, 5.74) is -10.9. The zero-order valence-corrected chi connectivity index (χ0v) is 9.16. The molecule has 0 amide bonds. The molecule has 20 heavy (non-hydrogen) atoms. The number of allylic oxidation sites excluding steroid dienone is 6. The highest BCUT2D eigenvalue weighted by molar-refractivity contribution is 5.92. The van der Waals surface area contributed by atoms with Gasteiger partial charge in [0.05, 0.1) is 5.57 Å². The molecule has 0 aromatic heterocycles. The molecule has 0 saturated heterocycles. The topological polar surface area (TPSA) is 37.3 Å². The second-order valence-electron chi connectivity index (χ2n) is 4.02. The lowest BCUT2D eigenvalue weighted by molar-refractivity contribution is -0.132. The van der Waals surface area contributed by atoms with Crippen molar-refractivity contribution in [3.8, 4) is 0 Å². The van der Waals surface area contributed by atoms with E-state index in [0.717, 1.165) is 0 Å². The highest BCUT2D eigenvalue weighted by atomic mass is 19.2. The van der Waals surface area contributed by atoms with Crippen molar-refractivity contribution in [1.29, 1.82) is 0 Å². The predicted molar refractivity (Wildman–Crippen MR) is 51.1 cm³/mol. The Bertz CT molecular complexity index is 645. The van der Waals surface area contributed by atoms with Gasteiger partial charge >= 0.3 is 5.97 Å². The van der Waals surface area contributed by atoms with Gasteiger partial charge in [0.2, 0.25) is 5.67 Å². The first kappa shape index (κ1) is 14.4. The first-order valence-corrected chi connectivity index (χ1v) is 4.91. The average Bonchev–Trinajstić information content (AvgIpc) is 2.37. The van der Waals surface area contributed by atoms with Crippen LogP contribution in [0.15, 0.2) is 46.9 Å². The summed E-state index contributed by atoms with van der Waals surface area (Å²) in [5.74, 6) is -14.8. The molecule has 0 aliphatic heterocycles. The molecule has 0 aromatic carbocycles. The van der Waals surface area contributed by atoms with Gasteiger partial charge in [-0.15, -0.1) is 0 Å². The number of rotatable bonds is 1. The average molecular weight is 300 g/mol. The van der Waals surface area contributed by atoms with Gasteiger partial charge < -0.3 is 5.11 Å². The highest BCUT2D eigenvalue weighted by Crippen LogP contribution is 2.57. The van der Waals surface area contributed by atoms with Crippen LogP contribution in [-0.2, 0) is 4.79 Å². The van der Waals surface area contributed by atoms with E-state index in [1.807, 2.05) is 0 Å². The lowest BCUT2D eigenvalue weighted by Gasteiger charge is -2.38. The molecule has 2 unspecified atom stereocenters. The van der Waals surface area contributed by atoms with Crippen LogP contribution in [-0.4, -0.2) is 22.4 Å². The zero-order valence-electron chi connectivity index (χ0n) is 9.16. The van der Waals surface area contributed by atoms with Gasteiger partial charge in [-0.25, -0.2) is 35.5 Å². The van der Waals surface area contributed by atoms with Crippen molar-refractivity contribution < 1.29 is 40.6 Å². The maximum atomic E-state index is 14.2. The summed E-state index contributed by atoms with van der Waals surface area (Å²) in [6, 6.07) is 0. The molecule has 1 N–H and O–H groups in total. The molecular weight excluding hydrogens is 297 g/mol. The van der Waals surface area contributed by atoms with Crippen LogP contribution < -0.4 is 0 Å². The number of fused-ring (bicyclic) bond motifs is 1. The summed E-state index contributed by atoms with van der Waals surface area (Å²) in [4.78, 5) is 10.6. The van der Waals surface area contributed by atoms with E-state index in [1.54, 1.807) is 0 Å². The molecule has 0 bridgehead atoms. The first-order chi connectivity index (χ1) is 9.07. The summed E-state index contributed by atoms with van der Waals surface area (Å²) in [6.45, 7) is 0. The number of hydrogen-bond donors (Lipinski definition) is 1. The van der Waals surface area contributed by atoms with Gasteiger partial charge in [0.1, 0.15) is 0 Å². The Morgan fingerprint density at radius 2 is 1.60 bits per heavy atom. The lowest BCUT2D eigenvalue weighted by Crippen LogP contribution is -2.52. The predicted octanol–water partition coefficient (Wildman–Crippen LogP) is 3.60. The minimum absolute atomic E-state index is 0.486. The number of hydrogen-bond acceptors (Lipinski definition) is 1. The van der Waals surface area contributed by atoms with E-state index in [1.165, 1.54) is 0 Å². The number of carbonyl (C=O) groups is 1. The fourth-order valence-electron chi connectivity index (χ4n) is 1.89. The van der Waals surface area contributed by atoms with Crippen LogP contribution in [0.1, 0.15) is 0 Å². The van der Waals surface area contributed by atoms with Crippen molar-refractivity contribution in [2.24, 2.45) is 0 Å². The Balaban J connectivity index is 2.85. The second kappa shape index (κ2) is 3.97. The van der Waals surface area contributed by atoms with Crippen molar-refractivity contribution in [2.45, 2.75) is 11.3 Å². The van der Waals surface area contributed by atoms with E-state index in [4.69, 9.17) is 5.11 Å². The van der Waals surface area contributed by atoms with Gasteiger partial charge in [0.25, 0.3) is 5.67 Å². The Kier molecular flexibility index (Phi) is 2.85. The minimum atomic E-state index is -4.63. The molecule has 0 heterocycles. The molecule has 0 spiro atoms. The molecule has 0 saturated carbocycles. The first-order valence-electron chi connectivity index (χ1n) is 4.91. The molecule has 9 heteroatoms. The van der Waals surface area contributed by atoms with Gasteiger partial charge in [-0.1, -0.05) is 0 Å². The summed E-state index contributed by atoms with van der Waals surface area (Å²) >= 11 is 0. The van der Waals surface area contributed by atoms with Gasteiger partial charge in [0, 0.05) is 6.08 Å². The molecule has 2 aliphatic rings. The van der Waals surface area contributed by atoms with Crippen molar-refractivity contribution >= 4 is 5.97 Å². The Morgan fingerprint density at radius 1 is 1.05 bits per heavy atom. The van der Waals surface area contributed by atoms with Crippen LogP contribution in [0.4, 0.5) is 30.7 Å². The van der Waals surface area contributed by atoms with Crippen LogP contribution in [0, 0.1) is 0 Å². The van der Waals surface area contributed by atoms with E-state index in [2.05, 4.69) is 0 Å². The fourth-order valence-corrected chi connectivity index (χ4v) is 1.89. The molecule has 2 aliphatic carbocycles. The van der Waals surface area contributed by atoms with Crippen LogP contribution in [0.5, 0.6) is 0 Å². The third-order valence-corrected chi connectivity index (χ3v) is 2.92. The molecule has 2 rings (SSSR count). The number of alkyl halides is 2. The third-order valence-electron chi connectivity index (χ3n) is 2.92. The van der Waals surface area contributed by atoms with E-state index in [9.17, 15) is 35.5 Å². The normalized spacial score (nSPS) is 33.8. The van der Waals surface area contributed by atoms with Gasteiger partial charge in [0.15, 0.2) is 29.1 Å². The lowest BCUT2D eigenvalue weighted by atomic mass is 9.74. The van der Waals surface area contributed by atoms with Crippen molar-refractivity contribution in [2.75, 3.05) is 0 Å². The molecule has 2 atom stereocenters. The molecule has 0 fully saturated rings. The SMILES string of the molecule is O=C(O)C1=CC2(F)C(F)=C(F)C=C(F)C2(F)C(F)=C1F. The van der Waals surface area contributed by atoms with Crippen LogP contribution in [0.3, 0.4) is 0 Å². The number of carboxylic acids is 1. The van der Waals surface area contributed by atoms with Crippen LogP contribution >= 0.6 is 0 Å². The largest absolute Gasteiger partial charge is 0.478 e.